The lowest BCUT2D eigenvalue weighted by Gasteiger charge is -2.34. The van der Waals surface area contributed by atoms with E-state index in [9.17, 15) is 22.8 Å². The first-order valence-corrected chi connectivity index (χ1v) is 8.73. The van der Waals surface area contributed by atoms with Crippen molar-refractivity contribution in [2.45, 2.75) is 19.5 Å². The van der Waals surface area contributed by atoms with E-state index in [4.69, 9.17) is 0 Å². The van der Waals surface area contributed by atoms with Crippen LogP contribution in [-0.4, -0.2) is 78.6 Å². The quantitative estimate of drug-likeness (QED) is 0.762. The number of hydrogen-bond acceptors (Lipinski definition) is 5. The maximum Gasteiger partial charge on any atom is 0.422 e. The second kappa shape index (κ2) is 9.54. The smallest absolute Gasteiger partial charge is 0.422 e. The predicted molar refractivity (Wildman–Crippen MR) is 91.4 cm³/mol. The topological polar surface area (TPSA) is 74.8 Å². The lowest BCUT2D eigenvalue weighted by atomic mass is 10.2. The largest absolute Gasteiger partial charge is 0.467 e. The van der Waals surface area contributed by atoms with Crippen LogP contribution in [0.25, 0.3) is 0 Å². The van der Waals surface area contributed by atoms with E-state index in [-0.39, 0.29) is 23.9 Å². The summed E-state index contributed by atoms with van der Waals surface area (Å²) in [7, 11) is 0. The minimum Gasteiger partial charge on any atom is -0.467 e. The van der Waals surface area contributed by atoms with Crippen LogP contribution in [0.15, 0.2) is 18.3 Å². The summed E-state index contributed by atoms with van der Waals surface area (Å²) in [6.07, 6.45) is -2.38. The Morgan fingerprint density at radius 1 is 1.26 bits per heavy atom. The van der Waals surface area contributed by atoms with E-state index in [1.165, 1.54) is 23.2 Å². The Morgan fingerprint density at radius 3 is 2.59 bits per heavy atom. The minimum absolute atomic E-state index is 0.00381. The van der Waals surface area contributed by atoms with Gasteiger partial charge in [0.15, 0.2) is 6.61 Å². The normalized spacial score (nSPS) is 15.5. The number of aromatic nitrogens is 1. The molecular formula is C17H23F3N4O3. The number of nitrogens with zero attached hydrogens (tertiary/aromatic N) is 3. The average Bonchev–Trinajstić information content (AvgIpc) is 2.64. The van der Waals surface area contributed by atoms with Gasteiger partial charge in [-0.15, -0.1) is 0 Å². The fraction of sp³-hybridized carbons (Fsp3) is 0.588. The van der Waals surface area contributed by atoms with Crippen molar-refractivity contribution in [1.29, 1.82) is 0 Å². The first kappa shape index (κ1) is 20.9. The number of amides is 2. The van der Waals surface area contributed by atoms with E-state index in [1.807, 2.05) is 11.8 Å². The number of ether oxygens (including phenoxy) is 1. The van der Waals surface area contributed by atoms with Crippen molar-refractivity contribution < 1.29 is 27.5 Å². The van der Waals surface area contributed by atoms with Gasteiger partial charge in [0.05, 0.1) is 6.54 Å². The third kappa shape index (κ3) is 6.70. The molecule has 1 aromatic heterocycles. The lowest BCUT2D eigenvalue weighted by Crippen LogP contribution is -2.51. The molecule has 0 atom stereocenters. The second-order valence-corrected chi connectivity index (χ2v) is 6.18. The third-order valence-electron chi connectivity index (χ3n) is 3.97. The van der Waals surface area contributed by atoms with Gasteiger partial charge in [0.2, 0.25) is 11.8 Å². The van der Waals surface area contributed by atoms with E-state index in [1.54, 1.807) is 0 Å². The molecule has 0 unspecified atom stereocenters. The van der Waals surface area contributed by atoms with Crippen LogP contribution in [-0.2, 0) is 4.79 Å². The number of hydrogen-bond donors (Lipinski definition) is 1. The Morgan fingerprint density at radius 2 is 1.96 bits per heavy atom. The van der Waals surface area contributed by atoms with Crippen molar-refractivity contribution in [1.82, 2.24) is 20.1 Å². The number of carbonyl (C=O) groups is 2. The van der Waals surface area contributed by atoms with Crippen molar-refractivity contribution in [2.75, 3.05) is 45.9 Å². The molecule has 1 fully saturated rings. The van der Waals surface area contributed by atoms with Gasteiger partial charge in [0.25, 0.3) is 5.91 Å². The van der Waals surface area contributed by atoms with Crippen molar-refractivity contribution in [3.63, 3.8) is 0 Å². The minimum atomic E-state index is -4.51. The van der Waals surface area contributed by atoms with E-state index < -0.39 is 18.7 Å². The zero-order chi connectivity index (χ0) is 19.9. The summed E-state index contributed by atoms with van der Waals surface area (Å²) in [6.45, 7) is 3.09. The molecule has 0 saturated carbocycles. The molecule has 1 aliphatic rings. The van der Waals surface area contributed by atoms with E-state index in [0.717, 1.165) is 6.42 Å². The Bertz CT molecular complexity index is 647. The number of rotatable bonds is 7. The molecule has 0 aromatic carbocycles. The average molecular weight is 388 g/mol. The highest BCUT2D eigenvalue weighted by Gasteiger charge is 2.31. The number of alkyl halides is 3. The van der Waals surface area contributed by atoms with Gasteiger partial charge in [-0.2, -0.15) is 13.2 Å². The molecule has 0 bridgehead atoms. The van der Waals surface area contributed by atoms with E-state index >= 15 is 0 Å². The molecule has 0 spiro atoms. The highest BCUT2D eigenvalue weighted by molar-refractivity contribution is 5.96. The summed E-state index contributed by atoms with van der Waals surface area (Å²) in [5.41, 5.74) is -0.00381. The standard InChI is InChI=1S/C17H23F3N4O3/c1-2-5-21-14(25)11-23-7-9-24(10-8-23)16(26)13-4-3-6-22-15(13)27-12-17(18,19)20/h3-4,6H,2,5,7-12H2,1H3,(H,21,25). The third-order valence-corrected chi connectivity index (χ3v) is 3.97. The summed E-state index contributed by atoms with van der Waals surface area (Å²) < 4.78 is 41.8. The van der Waals surface area contributed by atoms with Crippen molar-refractivity contribution in [2.24, 2.45) is 0 Å². The number of pyridine rings is 1. The molecule has 2 rings (SSSR count). The highest BCUT2D eigenvalue weighted by atomic mass is 19.4. The van der Waals surface area contributed by atoms with Gasteiger partial charge in [0.1, 0.15) is 5.56 Å². The first-order chi connectivity index (χ1) is 12.8. The maximum atomic E-state index is 12.6. The molecule has 150 valence electrons. The molecule has 1 aliphatic heterocycles. The van der Waals surface area contributed by atoms with Crippen LogP contribution in [0.3, 0.4) is 0 Å². The highest BCUT2D eigenvalue weighted by Crippen LogP contribution is 2.21. The Balaban J connectivity index is 1.91. The number of nitrogens with one attached hydrogen (secondary N) is 1. The van der Waals surface area contributed by atoms with Crippen LogP contribution < -0.4 is 10.1 Å². The van der Waals surface area contributed by atoms with Gasteiger partial charge in [0, 0.05) is 38.9 Å². The summed E-state index contributed by atoms with van der Waals surface area (Å²) >= 11 is 0. The molecule has 2 amide bonds. The van der Waals surface area contributed by atoms with E-state index in [0.29, 0.717) is 32.7 Å². The Kier molecular flexibility index (Phi) is 7.40. The molecule has 0 aliphatic carbocycles. The molecule has 1 saturated heterocycles. The molecule has 2 heterocycles. The van der Waals surface area contributed by atoms with Crippen LogP contribution in [0.1, 0.15) is 23.7 Å². The van der Waals surface area contributed by atoms with Crippen LogP contribution >= 0.6 is 0 Å². The Hall–Kier alpha value is -2.36. The first-order valence-electron chi connectivity index (χ1n) is 8.73. The van der Waals surface area contributed by atoms with Gasteiger partial charge in [-0.3, -0.25) is 14.5 Å². The summed E-state index contributed by atoms with van der Waals surface area (Å²) in [5.74, 6) is -0.830. The molecule has 0 radical (unpaired) electrons. The van der Waals surface area contributed by atoms with Crippen molar-refractivity contribution in [3.8, 4) is 5.88 Å². The second-order valence-electron chi connectivity index (χ2n) is 6.18. The van der Waals surface area contributed by atoms with Crippen LogP contribution in [0.5, 0.6) is 5.88 Å². The lowest BCUT2D eigenvalue weighted by molar-refractivity contribution is -0.154. The summed E-state index contributed by atoms with van der Waals surface area (Å²) in [6, 6.07) is 2.87. The molecule has 10 heteroatoms. The van der Waals surface area contributed by atoms with Gasteiger partial charge in [-0.25, -0.2) is 4.98 Å². The molecule has 7 nitrogen and oxygen atoms in total. The molecule has 27 heavy (non-hydrogen) atoms. The molecule has 1 aromatic rings. The van der Waals surface area contributed by atoms with Crippen molar-refractivity contribution >= 4 is 11.8 Å². The van der Waals surface area contributed by atoms with Crippen LogP contribution in [0.2, 0.25) is 0 Å². The van der Waals surface area contributed by atoms with Crippen LogP contribution in [0.4, 0.5) is 13.2 Å². The molecular weight excluding hydrogens is 365 g/mol. The predicted octanol–water partition coefficient (Wildman–Crippen LogP) is 1.31. The Labute approximate surface area is 155 Å². The fourth-order valence-corrected chi connectivity index (χ4v) is 2.62. The van der Waals surface area contributed by atoms with E-state index in [2.05, 4.69) is 15.0 Å². The number of carbonyl (C=O) groups excluding carboxylic acids is 2. The monoisotopic (exact) mass is 388 g/mol. The number of halogens is 3. The zero-order valence-electron chi connectivity index (χ0n) is 15.1. The van der Waals surface area contributed by atoms with Gasteiger partial charge < -0.3 is 15.0 Å². The zero-order valence-corrected chi connectivity index (χ0v) is 15.1. The summed E-state index contributed by atoms with van der Waals surface area (Å²) in [5, 5.41) is 2.80. The SMILES string of the molecule is CCCNC(=O)CN1CCN(C(=O)c2cccnc2OCC(F)(F)F)CC1. The fourth-order valence-electron chi connectivity index (χ4n) is 2.62. The van der Waals surface area contributed by atoms with Gasteiger partial charge in [-0.1, -0.05) is 6.92 Å². The molecule has 1 N–H and O–H groups in total. The van der Waals surface area contributed by atoms with Gasteiger partial charge >= 0.3 is 6.18 Å². The number of piperazine rings is 1. The maximum absolute atomic E-state index is 12.6. The van der Waals surface area contributed by atoms with Gasteiger partial charge in [-0.05, 0) is 18.6 Å². The van der Waals surface area contributed by atoms with Crippen LogP contribution in [0, 0.1) is 0 Å². The van der Waals surface area contributed by atoms with Crippen molar-refractivity contribution in [3.05, 3.63) is 23.9 Å². The summed E-state index contributed by atoms with van der Waals surface area (Å²) in [4.78, 5) is 31.6.